The first-order valence-corrected chi connectivity index (χ1v) is 52.2. The Morgan fingerprint density at radius 2 is 0.350 bits per heavy atom. The summed E-state index contributed by atoms with van der Waals surface area (Å²) in [6.45, 7) is 51.1. The number of hydrogen-bond donors (Lipinski definition) is 0. The van der Waals surface area contributed by atoms with Crippen LogP contribution in [0, 0.1) is 0 Å². The molecule has 0 aromatic heterocycles. The maximum Gasteiger partial charge on any atom is 0.0165 e. The van der Waals surface area contributed by atoms with Crippen LogP contribution in [0.15, 0.2) is 388 Å². The van der Waals surface area contributed by atoms with Crippen molar-refractivity contribution in [3.8, 4) is 44.5 Å². The van der Waals surface area contributed by atoms with Crippen LogP contribution in [-0.2, 0) is 21.7 Å². The van der Waals surface area contributed by atoms with Crippen LogP contribution in [0.2, 0.25) is 0 Å². The van der Waals surface area contributed by atoms with Crippen LogP contribution in [0.5, 0.6) is 0 Å². The lowest BCUT2D eigenvalue weighted by atomic mass is 9.79. The highest BCUT2D eigenvalue weighted by atomic mass is 14.5. The Bertz CT molecular complexity index is 8840. The Balaban J connectivity index is 0.000000123. The van der Waals surface area contributed by atoms with Gasteiger partial charge in [-0.2, -0.15) is 0 Å². The number of rotatable bonds is 0. The SMILES string of the molecule is CC.CC.CC.CC.CC.CC.CC.CC.CC1(C)c2ccc3c(ccc4ccccc43)c2-c2ccc3cc4ccccc4cc3c21.CC1(C)c2ccc3cc4ccccc4cc3c2-c2c1c1ccccc1c1ccccc21.CC1(C)c2ccc3cc4ccccc4cc3c2-c2ccc3ccc4ccccc4c3c21.CC1(C)c2ccc3ccc4ccccc4c3c2-c2ccc3cc4ccccc4cc3c21. The first kappa shape index (κ1) is 97.1. The van der Waals surface area contributed by atoms with Crippen LogP contribution < -0.4 is 0 Å². The minimum absolute atomic E-state index is 0.0352. The van der Waals surface area contributed by atoms with Gasteiger partial charge in [-0.05, 0) is 310 Å². The van der Waals surface area contributed by atoms with Crippen LogP contribution >= 0.6 is 0 Å². The third-order valence-electron chi connectivity index (χ3n) is 29.5. The number of fused-ring (bicyclic) bond motifs is 41. The van der Waals surface area contributed by atoms with Gasteiger partial charge >= 0.3 is 0 Å². The lowest BCUT2D eigenvalue weighted by molar-refractivity contribution is 0.666. The van der Waals surface area contributed by atoms with Gasteiger partial charge in [-0.25, -0.2) is 0 Å². The van der Waals surface area contributed by atoms with Gasteiger partial charge in [0.1, 0.15) is 0 Å². The summed E-state index contributed by atoms with van der Waals surface area (Å²) < 4.78 is 0. The van der Waals surface area contributed by atoms with Crippen molar-refractivity contribution in [3.05, 3.63) is 433 Å². The van der Waals surface area contributed by atoms with E-state index < -0.39 is 0 Å². The van der Waals surface area contributed by atoms with Gasteiger partial charge in [-0.1, -0.05) is 506 Å². The molecule has 0 radical (unpaired) electrons. The van der Waals surface area contributed by atoms with E-state index in [9.17, 15) is 0 Å². The van der Waals surface area contributed by atoms with Gasteiger partial charge in [-0.15, -0.1) is 0 Å². The maximum atomic E-state index is 2.40. The van der Waals surface area contributed by atoms with Crippen LogP contribution in [0.3, 0.4) is 0 Å². The predicted molar refractivity (Wildman–Crippen MR) is 627 cm³/mol. The summed E-state index contributed by atoms with van der Waals surface area (Å²) in [4.78, 5) is 0. The van der Waals surface area contributed by atoms with Crippen LogP contribution in [-0.4, -0.2) is 0 Å². The van der Waals surface area contributed by atoms with Crippen LogP contribution in [0.25, 0.3) is 217 Å². The van der Waals surface area contributed by atoms with E-state index in [0.29, 0.717) is 0 Å². The zero-order valence-electron chi connectivity index (χ0n) is 87.0. The van der Waals surface area contributed by atoms with Crippen molar-refractivity contribution in [1.82, 2.24) is 0 Å². The minimum Gasteiger partial charge on any atom is -0.0683 e. The highest BCUT2D eigenvalue weighted by Crippen LogP contribution is 2.61. The minimum atomic E-state index is -0.0475. The molecule has 28 rings (SSSR count). The molecular formula is C140H136. The molecule has 0 heteroatoms. The van der Waals surface area contributed by atoms with Crippen molar-refractivity contribution in [2.45, 2.75) is 188 Å². The summed E-state index contributed by atoms with van der Waals surface area (Å²) in [7, 11) is 0. The fourth-order valence-electron chi connectivity index (χ4n) is 23.8. The van der Waals surface area contributed by atoms with Gasteiger partial charge in [0, 0.05) is 21.7 Å². The normalized spacial score (nSPS) is 13.1. The molecule has 696 valence electrons. The standard InChI is InChI=1S/4C31H22.8C2H6/c1-31(2)27-16-15-21-17-19-9-3-4-10-20(19)18-26(21)28(27)29-24-13-7-5-11-22(24)23-12-6-8-14-25(23)30(29)31;1-31(2)28-16-15-24-23-10-6-5-7-19(23)11-13-25(24)29(28)26-14-12-22-17-20-8-3-4-9-21(20)18-27(22)30(26)31;1-31(2)27-16-14-20-12-11-19-7-5-6-10-24(19)28(20)29(27)25-15-13-23-17-21-8-3-4-9-22(21)18-26(23)30(25)31;1-31(2)27-16-14-23-17-21-8-3-4-9-22(21)18-26(23)29(27)25-15-13-20-12-11-19-7-5-6-10-24(19)28(20)30(25)31;8*1-2/h4*3-18H,1-2H3;8*1-2H3. The molecule has 24 aromatic rings. The molecule has 0 saturated heterocycles. The number of benzene rings is 24. The fourth-order valence-corrected chi connectivity index (χ4v) is 23.8. The topological polar surface area (TPSA) is 0 Å². The van der Waals surface area contributed by atoms with Crippen LogP contribution in [0.1, 0.15) is 211 Å². The lowest BCUT2D eigenvalue weighted by Crippen LogP contribution is -2.15. The molecule has 0 saturated carbocycles. The molecule has 4 aliphatic carbocycles. The third-order valence-corrected chi connectivity index (χ3v) is 29.5. The highest BCUT2D eigenvalue weighted by Gasteiger charge is 2.43. The second-order valence-corrected chi connectivity index (χ2v) is 37.6. The summed E-state index contributed by atoms with van der Waals surface area (Å²) in [5, 5.41) is 42.8. The van der Waals surface area contributed by atoms with Crippen molar-refractivity contribution in [2.24, 2.45) is 0 Å². The van der Waals surface area contributed by atoms with Gasteiger partial charge in [0.15, 0.2) is 0 Å². The first-order chi connectivity index (χ1) is 68.5. The van der Waals surface area contributed by atoms with E-state index >= 15 is 0 Å². The van der Waals surface area contributed by atoms with Gasteiger partial charge in [0.2, 0.25) is 0 Å². The molecular weight excluding hydrogens is 1680 g/mol. The number of hydrogen-bond acceptors (Lipinski definition) is 0. The molecule has 0 unspecified atom stereocenters. The van der Waals surface area contributed by atoms with Crippen molar-refractivity contribution < 1.29 is 0 Å². The van der Waals surface area contributed by atoms with Crippen molar-refractivity contribution in [1.29, 1.82) is 0 Å². The summed E-state index contributed by atoms with van der Waals surface area (Å²) in [6.07, 6.45) is 0. The molecule has 0 spiro atoms. The molecule has 0 heterocycles. The average Bonchev–Trinajstić information content (AvgIpc) is 1.54. The van der Waals surface area contributed by atoms with Crippen molar-refractivity contribution in [2.75, 3.05) is 0 Å². The monoisotopic (exact) mass is 1820 g/mol. The maximum absolute atomic E-state index is 2.40. The molecule has 0 nitrogen and oxygen atoms in total. The van der Waals surface area contributed by atoms with E-state index in [1.54, 1.807) is 0 Å². The molecule has 140 heavy (non-hydrogen) atoms. The summed E-state index contributed by atoms with van der Waals surface area (Å²) in [6, 6.07) is 144. The third kappa shape index (κ3) is 15.8. The average molecular weight is 1820 g/mol. The Morgan fingerprint density at radius 3 is 0.800 bits per heavy atom. The Morgan fingerprint density at radius 1 is 0.121 bits per heavy atom. The van der Waals surface area contributed by atoms with Crippen molar-refractivity contribution in [3.63, 3.8) is 0 Å². The van der Waals surface area contributed by atoms with Gasteiger partial charge in [0.25, 0.3) is 0 Å². The second-order valence-electron chi connectivity index (χ2n) is 37.6. The lowest BCUT2D eigenvalue weighted by Gasteiger charge is -2.24. The van der Waals surface area contributed by atoms with Gasteiger partial charge in [0.05, 0.1) is 0 Å². The zero-order valence-corrected chi connectivity index (χ0v) is 87.0. The summed E-state index contributed by atoms with van der Waals surface area (Å²) in [5.74, 6) is 0. The largest absolute Gasteiger partial charge is 0.0683 e. The van der Waals surface area contributed by atoms with E-state index in [1.807, 2.05) is 111 Å². The van der Waals surface area contributed by atoms with Gasteiger partial charge in [-0.3, -0.25) is 0 Å². The van der Waals surface area contributed by atoms with Crippen molar-refractivity contribution >= 4 is 172 Å². The molecule has 0 bridgehead atoms. The quantitative estimate of drug-likeness (QED) is 0.105. The van der Waals surface area contributed by atoms with E-state index in [-0.39, 0.29) is 21.7 Å². The van der Waals surface area contributed by atoms with Gasteiger partial charge < -0.3 is 0 Å². The molecule has 4 aliphatic rings. The van der Waals surface area contributed by atoms with Crippen LogP contribution in [0.4, 0.5) is 0 Å². The Kier molecular flexibility index (Phi) is 27.8. The summed E-state index contributed by atoms with van der Waals surface area (Å²) in [5.41, 5.74) is 22.7. The smallest absolute Gasteiger partial charge is 0.0165 e. The molecule has 0 amide bonds. The Labute approximate surface area is 831 Å². The molecule has 0 fully saturated rings. The van der Waals surface area contributed by atoms with E-state index in [4.69, 9.17) is 0 Å². The first-order valence-electron chi connectivity index (χ1n) is 52.2. The molecule has 0 N–H and O–H groups in total. The van der Waals surface area contributed by atoms with E-state index in [0.717, 1.165) is 0 Å². The molecule has 0 atom stereocenters. The Hall–Kier alpha value is -14.6. The highest BCUT2D eigenvalue weighted by molar-refractivity contribution is 6.25. The predicted octanol–water partition coefficient (Wildman–Crippen LogP) is 42.6. The second kappa shape index (κ2) is 40.1. The van der Waals surface area contributed by atoms with E-state index in [2.05, 4.69) is 444 Å². The zero-order chi connectivity index (χ0) is 99.0. The summed E-state index contributed by atoms with van der Waals surface area (Å²) >= 11 is 0. The molecule has 0 aliphatic heterocycles. The molecule has 24 aromatic carbocycles. The van der Waals surface area contributed by atoms with E-state index in [1.165, 1.54) is 261 Å². The fraction of sp³-hybridized carbons (Fsp3) is 0.200.